The fraction of sp³-hybridized carbons (Fsp3) is 0.367. The van der Waals surface area contributed by atoms with Gasteiger partial charge in [0.2, 0.25) is 23.6 Å². The Balaban J connectivity index is 1.01. The van der Waals surface area contributed by atoms with E-state index in [0.29, 0.717) is 53.3 Å². The summed E-state index contributed by atoms with van der Waals surface area (Å²) in [5.41, 5.74) is 3.61. The maximum atomic E-state index is 15.3. The molecule has 2 aromatic heterocycles. The van der Waals surface area contributed by atoms with Crippen molar-refractivity contribution < 1.29 is 24.3 Å². The number of imide groups is 2. The Labute approximate surface area is 364 Å². The highest BCUT2D eigenvalue weighted by molar-refractivity contribution is 7.22. The third kappa shape index (κ3) is 6.09. The molecule has 1 N–H and O–H groups in total. The molecule has 12 heteroatoms. The predicted molar refractivity (Wildman–Crippen MR) is 237 cm³/mol. The lowest BCUT2D eigenvalue weighted by Gasteiger charge is -2.49. The first-order chi connectivity index (χ1) is 29.4. The van der Waals surface area contributed by atoms with Crippen molar-refractivity contribution in [2.75, 3.05) is 18.0 Å². The summed E-state index contributed by atoms with van der Waals surface area (Å²) in [7, 11) is 1.74. The molecule has 10 nitrogen and oxygen atoms in total. The normalized spacial score (nSPS) is 26.8. The van der Waals surface area contributed by atoms with Crippen LogP contribution in [0.2, 0.25) is 5.02 Å². The molecular formula is C49H48ClN5O5S. The summed E-state index contributed by atoms with van der Waals surface area (Å²) in [5, 5.41) is 18.5. The molecule has 312 valence electrons. The van der Waals surface area contributed by atoms with Gasteiger partial charge in [-0.2, -0.15) is 5.10 Å². The van der Waals surface area contributed by atoms with E-state index >= 15 is 9.59 Å². The van der Waals surface area contributed by atoms with Gasteiger partial charge in [-0.3, -0.25) is 33.7 Å². The van der Waals surface area contributed by atoms with Gasteiger partial charge >= 0.3 is 0 Å². The second-order valence-corrected chi connectivity index (χ2v) is 19.2. The average molecular weight is 854 g/mol. The number of likely N-dealkylation sites (tertiary alicyclic amines) is 2. The molecule has 4 fully saturated rings. The van der Waals surface area contributed by atoms with Crippen LogP contribution < -0.4 is 4.90 Å². The lowest BCUT2D eigenvalue weighted by Crippen LogP contribution is -2.49. The zero-order valence-electron chi connectivity index (χ0n) is 34.5. The number of benzene rings is 3. The summed E-state index contributed by atoms with van der Waals surface area (Å²) < 4.78 is 2.64. The topological polar surface area (TPSA) is 116 Å². The smallest absolute Gasteiger partial charge is 0.242 e. The number of fused-ring (bicyclic) bond motifs is 5. The number of para-hydroxylation sites is 1. The Morgan fingerprint density at radius 1 is 0.967 bits per heavy atom. The molecular weight excluding hydrogens is 806 g/mol. The van der Waals surface area contributed by atoms with Crippen molar-refractivity contribution >= 4 is 62.5 Å². The predicted octanol–water partition coefficient (Wildman–Crippen LogP) is 8.59. The van der Waals surface area contributed by atoms with Gasteiger partial charge in [0, 0.05) is 60.0 Å². The summed E-state index contributed by atoms with van der Waals surface area (Å²) in [6.07, 6.45) is 6.17. The quantitative estimate of drug-likeness (QED) is 0.123. The number of aryl methyl sites for hydroxylation is 2. The number of allylic oxidation sites excluding steroid dienone is 3. The molecule has 5 heterocycles. The van der Waals surface area contributed by atoms with E-state index in [0.717, 1.165) is 45.7 Å². The van der Waals surface area contributed by atoms with Crippen LogP contribution in [-0.2, 0) is 39.2 Å². The van der Waals surface area contributed by atoms with E-state index in [1.165, 1.54) is 10.5 Å². The largest absolute Gasteiger partial charge is 0.507 e. The first kappa shape index (κ1) is 39.8. The SMILES string of the molecule is C=CCc1cccc([C@H]2C3=CC[C@@H]4C(=O)N(C5CCN(Cc6ccccc6)CC5)C(=O)[C@@H]4[C@@H]3C[C@H]3C(=O)N(c4cc(-c5sc6ccc(Cl)cc6c5C)nn4C)C(=O)[C@@]23C)c1O. The highest BCUT2D eigenvalue weighted by Gasteiger charge is 2.68. The standard InChI is InChI=1S/C49H48ClN5O5S/c1-5-10-29-13-9-14-34(43(29)56)42-32-16-17-33-41(47(59)54(45(33)57)31-19-21-53(22-20-31)26-28-11-7-6-8-12-28)36(32)24-37-46(58)55(48(60)49(37,42)3)40-25-38(51-52(40)4)44-27(2)35-23-30(50)15-18-39(35)61-44/h5-9,11-16,18,23,25,31,33,36-37,41-42,56H,1,10,17,19-22,24,26H2,2-4H3/t33-,36+,37-,41-,42+,49+/m0/s1. The molecule has 0 spiro atoms. The Morgan fingerprint density at radius 2 is 1.74 bits per heavy atom. The third-order valence-electron chi connectivity index (χ3n) is 14.5. The first-order valence-electron chi connectivity index (χ1n) is 21.3. The number of aromatic hydroxyl groups is 1. The number of phenolic OH excluding ortho intramolecular Hbond substituents is 1. The van der Waals surface area contributed by atoms with Gasteiger partial charge in [-0.15, -0.1) is 17.9 Å². The number of hydrogen-bond acceptors (Lipinski definition) is 8. The molecule has 10 rings (SSSR count). The summed E-state index contributed by atoms with van der Waals surface area (Å²) >= 11 is 7.93. The van der Waals surface area contributed by atoms with E-state index in [-0.39, 0.29) is 41.8 Å². The van der Waals surface area contributed by atoms with Crippen LogP contribution in [0.5, 0.6) is 5.75 Å². The highest BCUT2D eigenvalue weighted by atomic mass is 35.5. The molecule has 0 bridgehead atoms. The fourth-order valence-corrected chi connectivity index (χ4v) is 12.8. The molecule has 1 saturated carbocycles. The molecule has 61 heavy (non-hydrogen) atoms. The number of carbonyl (C=O) groups excluding carboxylic acids is 4. The van der Waals surface area contributed by atoms with E-state index in [1.807, 2.05) is 74.5 Å². The van der Waals surface area contributed by atoms with Crippen molar-refractivity contribution in [3.8, 4) is 16.3 Å². The second-order valence-electron chi connectivity index (χ2n) is 17.8. The molecule has 5 aliphatic rings. The van der Waals surface area contributed by atoms with Crippen LogP contribution in [-0.4, -0.2) is 67.4 Å². The van der Waals surface area contributed by atoms with Crippen LogP contribution >= 0.6 is 22.9 Å². The van der Waals surface area contributed by atoms with Crippen molar-refractivity contribution in [3.05, 3.63) is 124 Å². The minimum absolute atomic E-state index is 0.0515. The van der Waals surface area contributed by atoms with E-state index < -0.39 is 35.0 Å². The summed E-state index contributed by atoms with van der Waals surface area (Å²) in [5.74, 6) is -3.90. The van der Waals surface area contributed by atoms with Gasteiger partial charge in [-0.05, 0) is 92.1 Å². The van der Waals surface area contributed by atoms with Crippen molar-refractivity contribution in [1.82, 2.24) is 19.6 Å². The number of rotatable bonds is 8. The monoisotopic (exact) mass is 853 g/mol. The van der Waals surface area contributed by atoms with Gasteiger partial charge in [0.25, 0.3) is 0 Å². The Morgan fingerprint density at radius 3 is 2.49 bits per heavy atom. The van der Waals surface area contributed by atoms with E-state index in [4.69, 9.17) is 16.7 Å². The number of anilines is 1. The molecule has 0 radical (unpaired) electrons. The molecule has 4 amide bonds. The number of hydrogen-bond donors (Lipinski definition) is 1. The van der Waals surface area contributed by atoms with Gasteiger partial charge in [0.1, 0.15) is 17.3 Å². The number of amides is 4. The number of carbonyl (C=O) groups is 4. The van der Waals surface area contributed by atoms with Crippen LogP contribution in [0.1, 0.15) is 60.8 Å². The number of phenols is 1. The molecule has 6 atom stereocenters. The Bertz CT molecular complexity index is 2700. The summed E-state index contributed by atoms with van der Waals surface area (Å²) in [4.78, 5) is 65.8. The Kier molecular flexibility index (Phi) is 9.73. The zero-order valence-corrected chi connectivity index (χ0v) is 36.1. The van der Waals surface area contributed by atoms with Crippen molar-refractivity contribution in [1.29, 1.82) is 0 Å². The van der Waals surface area contributed by atoms with E-state index in [9.17, 15) is 14.7 Å². The summed E-state index contributed by atoms with van der Waals surface area (Å²) in [6, 6.07) is 23.2. The highest BCUT2D eigenvalue weighted by Crippen LogP contribution is 2.65. The number of aromatic nitrogens is 2. The van der Waals surface area contributed by atoms with Crippen LogP contribution in [0.4, 0.5) is 5.82 Å². The van der Waals surface area contributed by atoms with Crippen molar-refractivity contribution in [2.45, 2.75) is 64.5 Å². The first-order valence-corrected chi connectivity index (χ1v) is 22.5. The van der Waals surface area contributed by atoms with Crippen LogP contribution in [0.15, 0.2) is 97.1 Å². The lowest BCUT2D eigenvalue weighted by molar-refractivity contribution is -0.144. The molecule has 3 aromatic carbocycles. The number of nitrogens with zero attached hydrogens (tertiary/aromatic N) is 5. The maximum Gasteiger partial charge on any atom is 0.242 e. The minimum atomic E-state index is -1.32. The van der Waals surface area contributed by atoms with Gasteiger partial charge in [0.15, 0.2) is 0 Å². The van der Waals surface area contributed by atoms with E-state index in [1.54, 1.807) is 40.1 Å². The average Bonchev–Trinajstić information content (AvgIpc) is 3.92. The Hall–Kier alpha value is -5.36. The molecule has 3 aliphatic heterocycles. The summed E-state index contributed by atoms with van der Waals surface area (Å²) in [6.45, 7) is 10.1. The number of piperidine rings is 1. The molecule has 3 saturated heterocycles. The van der Waals surface area contributed by atoms with Gasteiger partial charge in [0.05, 0.1) is 28.0 Å². The maximum absolute atomic E-state index is 15.3. The number of halogens is 1. The van der Waals surface area contributed by atoms with Crippen LogP contribution in [0.3, 0.4) is 0 Å². The lowest BCUT2D eigenvalue weighted by atomic mass is 9.51. The minimum Gasteiger partial charge on any atom is -0.507 e. The van der Waals surface area contributed by atoms with Crippen molar-refractivity contribution in [2.24, 2.45) is 36.1 Å². The van der Waals surface area contributed by atoms with Gasteiger partial charge < -0.3 is 5.11 Å². The number of thiophene rings is 1. The van der Waals surface area contributed by atoms with Crippen molar-refractivity contribution in [3.63, 3.8) is 0 Å². The van der Waals surface area contributed by atoms with Gasteiger partial charge in [-0.1, -0.05) is 77.9 Å². The fourth-order valence-electron chi connectivity index (χ4n) is 11.5. The third-order valence-corrected chi connectivity index (χ3v) is 16.1. The zero-order chi connectivity index (χ0) is 42.5. The molecule has 5 aromatic rings. The van der Waals surface area contributed by atoms with E-state index in [2.05, 4.69) is 23.6 Å². The van der Waals surface area contributed by atoms with Gasteiger partial charge in [-0.25, -0.2) is 4.90 Å². The molecule has 0 unspecified atom stereocenters. The van der Waals surface area contributed by atoms with Crippen LogP contribution in [0, 0.1) is 36.0 Å². The van der Waals surface area contributed by atoms with Crippen LogP contribution in [0.25, 0.3) is 20.7 Å². The molecule has 2 aliphatic carbocycles. The second kappa shape index (κ2) is 14.9.